The van der Waals surface area contributed by atoms with E-state index in [2.05, 4.69) is 0 Å². The molecule has 28 heavy (non-hydrogen) atoms. The van der Waals surface area contributed by atoms with E-state index in [0.29, 0.717) is 27.9 Å². The molecule has 0 fully saturated rings. The number of rotatable bonds is 5. The van der Waals surface area contributed by atoms with Crippen molar-refractivity contribution in [2.75, 3.05) is 0 Å². The van der Waals surface area contributed by atoms with Gasteiger partial charge in [-0.15, -0.1) is 0 Å². The fourth-order valence-electron chi connectivity index (χ4n) is 2.73. The Bertz CT molecular complexity index is 1150. The summed E-state index contributed by atoms with van der Waals surface area (Å²) in [5.41, 5.74) is 1.48. The summed E-state index contributed by atoms with van der Waals surface area (Å²) in [7, 11) is 0. The third-order valence-corrected chi connectivity index (χ3v) is 4.47. The van der Waals surface area contributed by atoms with E-state index in [4.69, 9.17) is 20.4 Å². The second-order valence-electron chi connectivity index (χ2n) is 6.05. The van der Waals surface area contributed by atoms with Gasteiger partial charge in [-0.3, -0.25) is 4.79 Å². The molecule has 0 aliphatic rings. The number of allylic oxidation sites excluding steroid dienone is 1. The molecule has 0 amide bonds. The Labute approximate surface area is 165 Å². The SMILES string of the molecule is O=C(/C=C/c1ccc(-c2ccccc2Cl)o1)c1ccc(-c2ccc(F)cc2)o1. The second-order valence-corrected chi connectivity index (χ2v) is 6.46. The van der Waals surface area contributed by atoms with Gasteiger partial charge in [0.25, 0.3) is 0 Å². The maximum Gasteiger partial charge on any atom is 0.221 e. The van der Waals surface area contributed by atoms with Gasteiger partial charge in [-0.05, 0) is 72.8 Å². The summed E-state index contributed by atoms with van der Waals surface area (Å²) in [6.07, 6.45) is 2.95. The standard InChI is InChI=1S/C23H14ClFO3/c24-19-4-2-1-3-18(19)22-12-10-17(27-22)9-11-20(26)23-14-13-21(28-23)15-5-7-16(25)8-6-15/h1-14H/b11-9+. The number of furan rings is 2. The van der Waals surface area contributed by atoms with Gasteiger partial charge in [0, 0.05) is 11.1 Å². The molecule has 5 heteroatoms. The van der Waals surface area contributed by atoms with Crippen LogP contribution in [0.1, 0.15) is 16.3 Å². The van der Waals surface area contributed by atoms with E-state index in [1.165, 1.54) is 18.2 Å². The predicted molar refractivity (Wildman–Crippen MR) is 107 cm³/mol. The quantitative estimate of drug-likeness (QED) is 0.274. The number of ketones is 1. The number of benzene rings is 2. The minimum Gasteiger partial charge on any atom is -0.457 e. The van der Waals surface area contributed by atoms with Crippen molar-refractivity contribution in [2.45, 2.75) is 0 Å². The van der Waals surface area contributed by atoms with Crippen LogP contribution in [0, 0.1) is 5.82 Å². The average molecular weight is 393 g/mol. The normalized spacial score (nSPS) is 11.2. The molecule has 4 rings (SSSR count). The van der Waals surface area contributed by atoms with Gasteiger partial charge < -0.3 is 8.83 Å². The molecule has 0 spiro atoms. The summed E-state index contributed by atoms with van der Waals surface area (Å²) in [5, 5.41) is 0.590. The summed E-state index contributed by atoms with van der Waals surface area (Å²) in [5.74, 6) is 1.19. The van der Waals surface area contributed by atoms with Crippen molar-refractivity contribution in [3.05, 3.63) is 101 Å². The Morgan fingerprint density at radius 2 is 1.61 bits per heavy atom. The monoisotopic (exact) mass is 392 g/mol. The average Bonchev–Trinajstić information content (AvgIpc) is 3.37. The highest BCUT2D eigenvalue weighted by Gasteiger charge is 2.11. The third-order valence-electron chi connectivity index (χ3n) is 4.14. The lowest BCUT2D eigenvalue weighted by atomic mass is 10.2. The van der Waals surface area contributed by atoms with Crippen molar-refractivity contribution >= 4 is 23.5 Å². The van der Waals surface area contributed by atoms with Crippen LogP contribution in [-0.4, -0.2) is 5.78 Å². The van der Waals surface area contributed by atoms with Crippen molar-refractivity contribution in [3.63, 3.8) is 0 Å². The van der Waals surface area contributed by atoms with Crippen LogP contribution in [0.25, 0.3) is 28.7 Å². The van der Waals surface area contributed by atoms with Crippen LogP contribution in [0.2, 0.25) is 5.02 Å². The maximum atomic E-state index is 13.0. The lowest BCUT2D eigenvalue weighted by molar-refractivity contribution is 0.102. The molecular weight excluding hydrogens is 379 g/mol. The summed E-state index contributed by atoms with van der Waals surface area (Å²) in [6, 6.07) is 20.1. The van der Waals surface area contributed by atoms with Crippen LogP contribution < -0.4 is 0 Å². The van der Waals surface area contributed by atoms with E-state index in [-0.39, 0.29) is 17.4 Å². The lowest BCUT2D eigenvalue weighted by Crippen LogP contribution is -1.90. The Balaban J connectivity index is 1.49. The molecule has 0 bridgehead atoms. The molecule has 0 aliphatic heterocycles. The van der Waals surface area contributed by atoms with E-state index in [9.17, 15) is 9.18 Å². The first kappa shape index (κ1) is 18.0. The number of carbonyl (C=O) groups excluding carboxylic acids is 1. The number of hydrogen-bond acceptors (Lipinski definition) is 3. The number of hydrogen-bond donors (Lipinski definition) is 0. The smallest absolute Gasteiger partial charge is 0.221 e. The fourth-order valence-corrected chi connectivity index (χ4v) is 2.96. The molecule has 3 nitrogen and oxygen atoms in total. The van der Waals surface area contributed by atoms with Gasteiger partial charge in [0.05, 0.1) is 5.02 Å². The molecule has 0 saturated heterocycles. The second kappa shape index (κ2) is 7.71. The fraction of sp³-hybridized carbons (Fsp3) is 0. The minimum atomic E-state index is -0.329. The van der Waals surface area contributed by atoms with Gasteiger partial charge in [0.1, 0.15) is 23.1 Å². The third kappa shape index (κ3) is 3.82. The van der Waals surface area contributed by atoms with Crippen molar-refractivity contribution in [2.24, 2.45) is 0 Å². The predicted octanol–water partition coefficient (Wildman–Crippen LogP) is 6.90. The van der Waals surface area contributed by atoms with E-state index >= 15 is 0 Å². The maximum absolute atomic E-state index is 13.0. The Morgan fingerprint density at radius 1 is 0.857 bits per heavy atom. The topological polar surface area (TPSA) is 43.4 Å². The van der Waals surface area contributed by atoms with Crippen LogP contribution in [-0.2, 0) is 0 Å². The van der Waals surface area contributed by atoms with Crippen LogP contribution in [0.3, 0.4) is 0 Å². The van der Waals surface area contributed by atoms with Gasteiger partial charge in [-0.1, -0.05) is 23.7 Å². The minimum absolute atomic E-state index is 0.188. The summed E-state index contributed by atoms with van der Waals surface area (Å²) < 4.78 is 24.3. The van der Waals surface area contributed by atoms with E-state index < -0.39 is 0 Å². The molecule has 0 N–H and O–H groups in total. The molecule has 0 aliphatic carbocycles. The van der Waals surface area contributed by atoms with Gasteiger partial charge in [0.15, 0.2) is 5.76 Å². The van der Waals surface area contributed by atoms with Crippen LogP contribution in [0.15, 0.2) is 87.7 Å². The Kier molecular flexibility index (Phi) is 4.96. The van der Waals surface area contributed by atoms with Crippen molar-refractivity contribution in [1.82, 2.24) is 0 Å². The number of halogens is 2. The van der Waals surface area contributed by atoms with Crippen molar-refractivity contribution in [3.8, 4) is 22.6 Å². The first-order valence-corrected chi connectivity index (χ1v) is 8.91. The molecule has 0 saturated carbocycles. The molecule has 138 valence electrons. The van der Waals surface area contributed by atoms with Crippen LogP contribution in [0.5, 0.6) is 0 Å². The number of carbonyl (C=O) groups is 1. The van der Waals surface area contributed by atoms with Gasteiger partial charge in [-0.25, -0.2) is 4.39 Å². The zero-order chi connectivity index (χ0) is 19.5. The molecule has 2 aromatic carbocycles. The van der Waals surface area contributed by atoms with Crippen molar-refractivity contribution in [1.29, 1.82) is 0 Å². The molecule has 2 aromatic heterocycles. The van der Waals surface area contributed by atoms with Crippen LogP contribution >= 0.6 is 11.6 Å². The zero-order valence-electron chi connectivity index (χ0n) is 14.6. The lowest BCUT2D eigenvalue weighted by Gasteiger charge is -1.98. The van der Waals surface area contributed by atoms with Gasteiger partial charge in [0.2, 0.25) is 5.78 Å². The zero-order valence-corrected chi connectivity index (χ0v) is 15.3. The highest BCUT2D eigenvalue weighted by atomic mass is 35.5. The van der Waals surface area contributed by atoms with Crippen LogP contribution in [0.4, 0.5) is 4.39 Å². The molecule has 2 heterocycles. The largest absolute Gasteiger partial charge is 0.457 e. The first-order chi connectivity index (χ1) is 13.6. The summed E-state index contributed by atoms with van der Waals surface area (Å²) in [4.78, 5) is 12.3. The van der Waals surface area contributed by atoms with E-state index in [0.717, 1.165) is 5.56 Å². The molecule has 0 unspecified atom stereocenters. The molecule has 4 aromatic rings. The molecule has 0 atom stereocenters. The van der Waals surface area contributed by atoms with Gasteiger partial charge >= 0.3 is 0 Å². The summed E-state index contributed by atoms with van der Waals surface area (Å²) >= 11 is 6.17. The van der Waals surface area contributed by atoms with E-state index in [1.807, 2.05) is 18.2 Å². The van der Waals surface area contributed by atoms with Crippen molar-refractivity contribution < 1.29 is 18.0 Å². The summed E-state index contributed by atoms with van der Waals surface area (Å²) in [6.45, 7) is 0. The molecular formula is C23H14ClFO3. The first-order valence-electron chi connectivity index (χ1n) is 8.53. The van der Waals surface area contributed by atoms with Gasteiger partial charge in [-0.2, -0.15) is 0 Å². The molecule has 0 radical (unpaired) electrons. The Hall–Kier alpha value is -3.37. The highest BCUT2D eigenvalue weighted by molar-refractivity contribution is 6.33. The highest BCUT2D eigenvalue weighted by Crippen LogP contribution is 2.29. The van der Waals surface area contributed by atoms with E-state index in [1.54, 1.807) is 48.5 Å². The Morgan fingerprint density at radius 3 is 2.39 bits per heavy atom.